The summed E-state index contributed by atoms with van der Waals surface area (Å²) in [5, 5.41) is 3.96. The molecule has 0 aliphatic carbocycles. The second-order valence-electron chi connectivity index (χ2n) is 6.12. The SMILES string of the molecule is COc1ccc2c(CC(=O)NC(C)(CN)C(C)C)coc2c1. The van der Waals surface area contributed by atoms with E-state index in [1.54, 1.807) is 13.4 Å². The Labute approximate surface area is 130 Å². The van der Waals surface area contributed by atoms with Gasteiger partial charge in [-0.2, -0.15) is 0 Å². The fourth-order valence-corrected chi connectivity index (χ4v) is 2.29. The lowest BCUT2D eigenvalue weighted by Gasteiger charge is -2.33. The number of nitrogens with two attached hydrogens (primary N) is 1. The summed E-state index contributed by atoms with van der Waals surface area (Å²) in [5.74, 6) is 0.931. The molecule has 1 amide bonds. The van der Waals surface area contributed by atoms with Crippen molar-refractivity contribution in [3.63, 3.8) is 0 Å². The van der Waals surface area contributed by atoms with Crippen LogP contribution in [-0.4, -0.2) is 25.1 Å². The molecule has 2 aromatic rings. The van der Waals surface area contributed by atoms with E-state index < -0.39 is 5.54 Å². The first-order valence-corrected chi connectivity index (χ1v) is 7.45. The standard InChI is InChI=1S/C17H24N2O3/c1-11(2)17(3,10-18)19-16(20)7-12-9-22-15-8-13(21-4)5-6-14(12)15/h5-6,8-9,11H,7,10,18H2,1-4H3,(H,19,20). The van der Waals surface area contributed by atoms with Crippen LogP contribution in [0.15, 0.2) is 28.9 Å². The summed E-state index contributed by atoms with van der Waals surface area (Å²) in [6.07, 6.45) is 1.89. The second kappa shape index (κ2) is 6.40. The summed E-state index contributed by atoms with van der Waals surface area (Å²) in [6, 6.07) is 5.58. The van der Waals surface area contributed by atoms with Gasteiger partial charge in [0.25, 0.3) is 0 Å². The van der Waals surface area contributed by atoms with Crippen LogP contribution in [0.5, 0.6) is 5.75 Å². The van der Waals surface area contributed by atoms with E-state index in [1.165, 1.54) is 0 Å². The zero-order valence-corrected chi connectivity index (χ0v) is 13.6. The lowest BCUT2D eigenvalue weighted by molar-refractivity contribution is -0.122. The number of fused-ring (bicyclic) bond motifs is 1. The number of furan rings is 1. The molecule has 2 rings (SSSR count). The molecule has 1 heterocycles. The highest BCUT2D eigenvalue weighted by Gasteiger charge is 2.28. The minimum Gasteiger partial charge on any atom is -0.497 e. The maximum absolute atomic E-state index is 12.3. The molecular formula is C17H24N2O3. The summed E-state index contributed by atoms with van der Waals surface area (Å²) >= 11 is 0. The molecule has 1 aromatic carbocycles. The third kappa shape index (κ3) is 3.25. The maximum Gasteiger partial charge on any atom is 0.225 e. The van der Waals surface area contributed by atoms with Crippen LogP contribution in [0.3, 0.4) is 0 Å². The molecule has 120 valence electrons. The van der Waals surface area contributed by atoms with E-state index in [-0.39, 0.29) is 18.2 Å². The van der Waals surface area contributed by atoms with E-state index in [1.807, 2.05) is 39.0 Å². The summed E-state index contributed by atoms with van der Waals surface area (Å²) in [5.41, 5.74) is 6.98. The molecule has 1 aromatic heterocycles. The monoisotopic (exact) mass is 304 g/mol. The van der Waals surface area contributed by atoms with Crippen LogP contribution >= 0.6 is 0 Å². The van der Waals surface area contributed by atoms with Crippen LogP contribution < -0.4 is 15.8 Å². The second-order valence-corrected chi connectivity index (χ2v) is 6.12. The number of hydrogen-bond acceptors (Lipinski definition) is 4. The smallest absolute Gasteiger partial charge is 0.225 e. The van der Waals surface area contributed by atoms with Crippen molar-refractivity contribution < 1.29 is 13.9 Å². The zero-order valence-electron chi connectivity index (χ0n) is 13.6. The van der Waals surface area contributed by atoms with Gasteiger partial charge in [-0.25, -0.2) is 0 Å². The number of benzene rings is 1. The molecule has 0 radical (unpaired) electrons. The molecule has 1 unspecified atom stereocenters. The Bertz CT molecular complexity index is 663. The molecular weight excluding hydrogens is 280 g/mol. The van der Waals surface area contributed by atoms with Gasteiger partial charge in [-0.3, -0.25) is 4.79 Å². The van der Waals surface area contributed by atoms with E-state index in [0.717, 1.165) is 16.7 Å². The van der Waals surface area contributed by atoms with Crippen LogP contribution in [0.25, 0.3) is 11.0 Å². The van der Waals surface area contributed by atoms with E-state index in [0.29, 0.717) is 12.1 Å². The van der Waals surface area contributed by atoms with Gasteiger partial charge in [0.1, 0.15) is 11.3 Å². The van der Waals surface area contributed by atoms with E-state index >= 15 is 0 Å². The zero-order chi connectivity index (χ0) is 16.3. The number of carbonyl (C=O) groups excluding carboxylic acids is 1. The van der Waals surface area contributed by atoms with Gasteiger partial charge in [0.05, 0.1) is 25.3 Å². The fraction of sp³-hybridized carbons (Fsp3) is 0.471. The molecule has 5 heteroatoms. The van der Waals surface area contributed by atoms with Gasteiger partial charge < -0.3 is 20.2 Å². The van der Waals surface area contributed by atoms with Crippen molar-refractivity contribution in [2.24, 2.45) is 11.7 Å². The normalized spacial score (nSPS) is 14.1. The maximum atomic E-state index is 12.3. The van der Waals surface area contributed by atoms with E-state index in [2.05, 4.69) is 5.32 Å². The van der Waals surface area contributed by atoms with Gasteiger partial charge in [0.15, 0.2) is 0 Å². The number of hydrogen-bond donors (Lipinski definition) is 2. The predicted octanol–water partition coefficient (Wildman–Crippen LogP) is 2.47. The molecule has 0 aliphatic rings. The Hall–Kier alpha value is -2.01. The highest BCUT2D eigenvalue weighted by molar-refractivity contribution is 5.88. The van der Waals surface area contributed by atoms with Crippen molar-refractivity contribution in [2.45, 2.75) is 32.7 Å². The summed E-state index contributed by atoms with van der Waals surface area (Å²) in [6.45, 7) is 6.47. The fourth-order valence-electron chi connectivity index (χ4n) is 2.29. The molecule has 0 aliphatic heterocycles. The van der Waals surface area contributed by atoms with Crippen molar-refractivity contribution in [3.8, 4) is 5.75 Å². The summed E-state index contributed by atoms with van der Waals surface area (Å²) < 4.78 is 10.7. The van der Waals surface area contributed by atoms with E-state index in [9.17, 15) is 4.79 Å². The van der Waals surface area contributed by atoms with Crippen LogP contribution in [0.4, 0.5) is 0 Å². The third-order valence-electron chi connectivity index (χ3n) is 4.34. The minimum absolute atomic E-state index is 0.0554. The number of carbonyl (C=O) groups is 1. The average molecular weight is 304 g/mol. The molecule has 0 saturated carbocycles. The Morgan fingerprint density at radius 3 is 2.77 bits per heavy atom. The van der Waals surface area contributed by atoms with Gasteiger partial charge in [-0.1, -0.05) is 13.8 Å². The first kappa shape index (κ1) is 16.4. The highest BCUT2D eigenvalue weighted by atomic mass is 16.5. The lowest BCUT2D eigenvalue weighted by atomic mass is 9.88. The van der Waals surface area contributed by atoms with Gasteiger partial charge in [0.2, 0.25) is 5.91 Å². The van der Waals surface area contributed by atoms with Crippen LogP contribution in [0, 0.1) is 5.92 Å². The molecule has 0 saturated heterocycles. The third-order valence-corrected chi connectivity index (χ3v) is 4.34. The van der Waals surface area contributed by atoms with Crippen molar-refractivity contribution in [1.29, 1.82) is 0 Å². The number of ether oxygens (including phenoxy) is 1. The largest absolute Gasteiger partial charge is 0.497 e. The quantitative estimate of drug-likeness (QED) is 0.859. The Morgan fingerprint density at radius 2 is 2.18 bits per heavy atom. The van der Waals surface area contributed by atoms with Crippen LogP contribution in [-0.2, 0) is 11.2 Å². The molecule has 0 spiro atoms. The van der Waals surface area contributed by atoms with Gasteiger partial charge >= 0.3 is 0 Å². The van der Waals surface area contributed by atoms with Gasteiger partial charge in [-0.15, -0.1) is 0 Å². The van der Waals surface area contributed by atoms with Gasteiger partial charge in [-0.05, 0) is 25.0 Å². The first-order valence-electron chi connectivity index (χ1n) is 7.45. The topological polar surface area (TPSA) is 77.5 Å². The van der Waals surface area contributed by atoms with Crippen LogP contribution in [0.1, 0.15) is 26.3 Å². The van der Waals surface area contributed by atoms with Crippen molar-refractivity contribution >= 4 is 16.9 Å². The minimum atomic E-state index is -0.403. The van der Waals surface area contributed by atoms with Crippen LogP contribution in [0.2, 0.25) is 0 Å². The molecule has 0 bridgehead atoms. The number of methoxy groups -OCH3 is 1. The predicted molar refractivity (Wildman–Crippen MR) is 86.9 cm³/mol. The summed E-state index contributed by atoms with van der Waals surface area (Å²) in [7, 11) is 1.61. The molecule has 3 N–H and O–H groups in total. The van der Waals surface area contributed by atoms with Crippen molar-refractivity contribution in [2.75, 3.05) is 13.7 Å². The molecule has 22 heavy (non-hydrogen) atoms. The lowest BCUT2D eigenvalue weighted by Crippen LogP contribution is -2.55. The van der Waals surface area contributed by atoms with Gasteiger partial charge in [0, 0.05) is 23.6 Å². The number of rotatable bonds is 6. The number of amides is 1. The first-order chi connectivity index (χ1) is 10.4. The van der Waals surface area contributed by atoms with E-state index in [4.69, 9.17) is 14.9 Å². The highest BCUT2D eigenvalue weighted by Crippen LogP contribution is 2.26. The molecule has 0 fully saturated rings. The molecule has 1 atom stereocenters. The Balaban J connectivity index is 2.15. The summed E-state index contributed by atoms with van der Waals surface area (Å²) in [4.78, 5) is 12.3. The molecule has 5 nitrogen and oxygen atoms in total. The number of nitrogens with one attached hydrogen (secondary N) is 1. The van der Waals surface area contributed by atoms with Crippen molar-refractivity contribution in [3.05, 3.63) is 30.0 Å². The van der Waals surface area contributed by atoms with Crippen molar-refractivity contribution in [1.82, 2.24) is 5.32 Å². The average Bonchev–Trinajstić information content (AvgIpc) is 2.88. The Kier molecular flexibility index (Phi) is 4.76. The Morgan fingerprint density at radius 1 is 1.45 bits per heavy atom.